The summed E-state index contributed by atoms with van der Waals surface area (Å²) in [6.45, 7) is 4.60. The summed E-state index contributed by atoms with van der Waals surface area (Å²) in [6, 6.07) is 1.83. The maximum absolute atomic E-state index is 11.9. The van der Waals surface area contributed by atoms with Gasteiger partial charge in [-0.25, -0.2) is 0 Å². The van der Waals surface area contributed by atoms with Gasteiger partial charge in [-0.1, -0.05) is 26.7 Å². The van der Waals surface area contributed by atoms with Crippen LogP contribution in [0.3, 0.4) is 0 Å². The molecule has 18 heavy (non-hydrogen) atoms. The molecule has 6 heteroatoms. The van der Waals surface area contributed by atoms with Gasteiger partial charge in [-0.05, 0) is 18.9 Å². The van der Waals surface area contributed by atoms with Gasteiger partial charge in [0.25, 0.3) is 5.91 Å². The van der Waals surface area contributed by atoms with Gasteiger partial charge in [0, 0.05) is 18.3 Å². The van der Waals surface area contributed by atoms with Crippen molar-refractivity contribution >= 4 is 18.3 Å². The Bertz CT molecular complexity index is 354. The predicted octanol–water partition coefficient (Wildman–Crippen LogP) is 1.64. The van der Waals surface area contributed by atoms with Gasteiger partial charge < -0.3 is 11.1 Å². The lowest BCUT2D eigenvalue weighted by Gasteiger charge is -2.15. The van der Waals surface area contributed by atoms with Crippen LogP contribution in [0.1, 0.15) is 49.3 Å². The Morgan fingerprint density at radius 3 is 2.78 bits per heavy atom. The molecule has 0 saturated heterocycles. The molecule has 1 aromatic rings. The molecule has 1 unspecified atom stereocenters. The van der Waals surface area contributed by atoms with Crippen molar-refractivity contribution in [2.24, 2.45) is 5.73 Å². The molecule has 5 nitrogen and oxygen atoms in total. The largest absolute Gasteiger partial charge is 0.347 e. The van der Waals surface area contributed by atoms with Crippen LogP contribution in [-0.2, 0) is 6.42 Å². The summed E-state index contributed by atoms with van der Waals surface area (Å²) in [6.07, 6.45) is 3.94. The minimum Gasteiger partial charge on any atom is -0.347 e. The van der Waals surface area contributed by atoms with Crippen molar-refractivity contribution in [2.75, 3.05) is 6.54 Å². The SMILES string of the molecule is CCCCC(CN)NC(=O)c1cc(CC)[nH]n1.Cl. The number of hydrogen-bond acceptors (Lipinski definition) is 3. The number of rotatable bonds is 7. The average Bonchev–Trinajstić information content (AvgIpc) is 2.83. The molecule has 104 valence electrons. The first-order chi connectivity index (χ1) is 8.21. The molecule has 0 radical (unpaired) electrons. The van der Waals surface area contributed by atoms with E-state index >= 15 is 0 Å². The highest BCUT2D eigenvalue weighted by Gasteiger charge is 2.14. The van der Waals surface area contributed by atoms with Gasteiger partial charge in [-0.3, -0.25) is 9.89 Å². The second kappa shape index (κ2) is 8.94. The number of hydrogen-bond donors (Lipinski definition) is 3. The van der Waals surface area contributed by atoms with Gasteiger partial charge in [0.2, 0.25) is 0 Å². The lowest BCUT2D eigenvalue weighted by atomic mass is 10.1. The van der Waals surface area contributed by atoms with Crippen molar-refractivity contribution in [1.29, 1.82) is 0 Å². The van der Waals surface area contributed by atoms with Crippen molar-refractivity contribution < 1.29 is 4.79 Å². The van der Waals surface area contributed by atoms with Gasteiger partial charge in [0.05, 0.1) is 0 Å². The average molecular weight is 275 g/mol. The Balaban J connectivity index is 0.00000289. The Labute approximate surface area is 114 Å². The number of unbranched alkanes of at least 4 members (excludes halogenated alkanes) is 1. The molecule has 1 amide bonds. The number of carbonyl (C=O) groups is 1. The number of H-pyrrole nitrogens is 1. The number of carbonyl (C=O) groups excluding carboxylic acids is 1. The van der Waals surface area contributed by atoms with E-state index in [1.807, 2.05) is 6.92 Å². The fourth-order valence-corrected chi connectivity index (χ4v) is 1.62. The Kier molecular flexibility index (Phi) is 8.41. The second-order valence-corrected chi connectivity index (χ2v) is 4.18. The van der Waals surface area contributed by atoms with Crippen LogP contribution in [0.5, 0.6) is 0 Å². The van der Waals surface area contributed by atoms with E-state index in [4.69, 9.17) is 5.73 Å². The first kappa shape index (κ1) is 16.9. The van der Waals surface area contributed by atoms with E-state index in [0.717, 1.165) is 31.4 Å². The van der Waals surface area contributed by atoms with E-state index in [2.05, 4.69) is 22.4 Å². The molecule has 0 aliphatic rings. The fourth-order valence-electron chi connectivity index (χ4n) is 1.62. The summed E-state index contributed by atoms with van der Waals surface area (Å²) in [4.78, 5) is 11.9. The number of nitrogens with two attached hydrogens (primary N) is 1. The normalized spacial score (nSPS) is 11.7. The Hall–Kier alpha value is -1.07. The molecule has 0 aliphatic heterocycles. The molecular weight excluding hydrogens is 252 g/mol. The summed E-state index contributed by atoms with van der Waals surface area (Å²) >= 11 is 0. The van der Waals surface area contributed by atoms with Crippen molar-refractivity contribution in [1.82, 2.24) is 15.5 Å². The van der Waals surface area contributed by atoms with Crippen molar-refractivity contribution in [3.05, 3.63) is 17.5 Å². The summed E-state index contributed by atoms with van der Waals surface area (Å²) in [5, 5.41) is 9.71. The highest BCUT2D eigenvalue weighted by atomic mass is 35.5. The van der Waals surface area contributed by atoms with E-state index in [0.29, 0.717) is 12.2 Å². The molecule has 0 aromatic carbocycles. The highest BCUT2D eigenvalue weighted by molar-refractivity contribution is 5.92. The third-order valence-corrected chi connectivity index (χ3v) is 2.77. The van der Waals surface area contributed by atoms with E-state index in [9.17, 15) is 4.79 Å². The third kappa shape index (κ3) is 5.06. The number of aromatic nitrogens is 2. The van der Waals surface area contributed by atoms with Crippen LogP contribution in [-0.4, -0.2) is 28.7 Å². The summed E-state index contributed by atoms with van der Waals surface area (Å²) in [5.41, 5.74) is 7.04. The molecule has 1 aromatic heterocycles. The quantitative estimate of drug-likeness (QED) is 0.707. The van der Waals surface area contributed by atoms with E-state index < -0.39 is 0 Å². The first-order valence-electron chi connectivity index (χ1n) is 6.26. The zero-order chi connectivity index (χ0) is 12.7. The van der Waals surface area contributed by atoms with Crippen LogP contribution in [0, 0.1) is 0 Å². The van der Waals surface area contributed by atoms with Crippen molar-refractivity contribution in [3.8, 4) is 0 Å². The molecule has 0 fully saturated rings. The standard InChI is InChI=1S/C12H22N4O.ClH/c1-3-5-6-10(8-13)14-12(17)11-7-9(4-2)15-16-11;/h7,10H,3-6,8,13H2,1-2H3,(H,14,17)(H,15,16);1H. The van der Waals surface area contributed by atoms with Gasteiger partial charge in [-0.15, -0.1) is 12.4 Å². The molecule has 1 atom stereocenters. The van der Waals surface area contributed by atoms with Crippen molar-refractivity contribution in [3.63, 3.8) is 0 Å². The number of amides is 1. The number of aromatic amines is 1. The summed E-state index contributed by atoms with van der Waals surface area (Å²) in [7, 11) is 0. The smallest absolute Gasteiger partial charge is 0.272 e. The van der Waals surface area contributed by atoms with E-state index in [1.54, 1.807) is 6.07 Å². The zero-order valence-corrected chi connectivity index (χ0v) is 11.8. The van der Waals surface area contributed by atoms with Crippen LogP contribution in [0.2, 0.25) is 0 Å². The number of nitrogens with zero attached hydrogens (tertiary/aromatic N) is 1. The second-order valence-electron chi connectivity index (χ2n) is 4.18. The monoisotopic (exact) mass is 274 g/mol. The van der Waals surface area contributed by atoms with E-state index in [1.165, 1.54) is 0 Å². The van der Waals surface area contributed by atoms with Gasteiger partial charge in [-0.2, -0.15) is 5.10 Å². The lowest BCUT2D eigenvalue weighted by Crippen LogP contribution is -2.40. The van der Waals surface area contributed by atoms with Crippen LogP contribution in [0.4, 0.5) is 0 Å². The number of nitrogens with one attached hydrogen (secondary N) is 2. The van der Waals surface area contributed by atoms with Gasteiger partial charge in [0.15, 0.2) is 0 Å². The fraction of sp³-hybridized carbons (Fsp3) is 0.667. The van der Waals surface area contributed by atoms with Gasteiger partial charge in [0.1, 0.15) is 5.69 Å². The van der Waals surface area contributed by atoms with Crippen LogP contribution in [0.15, 0.2) is 6.07 Å². The Morgan fingerprint density at radius 1 is 1.56 bits per heavy atom. The van der Waals surface area contributed by atoms with Crippen LogP contribution < -0.4 is 11.1 Å². The zero-order valence-electron chi connectivity index (χ0n) is 11.0. The summed E-state index contributed by atoms with van der Waals surface area (Å²) < 4.78 is 0. The number of halogens is 1. The topological polar surface area (TPSA) is 83.8 Å². The van der Waals surface area contributed by atoms with Crippen LogP contribution in [0.25, 0.3) is 0 Å². The molecule has 0 bridgehead atoms. The van der Waals surface area contributed by atoms with Gasteiger partial charge >= 0.3 is 0 Å². The summed E-state index contributed by atoms with van der Waals surface area (Å²) in [5.74, 6) is -0.146. The minimum absolute atomic E-state index is 0. The molecule has 0 spiro atoms. The molecule has 1 heterocycles. The maximum atomic E-state index is 11.9. The highest BCUT2D eigenvalue weighted by Crippen LogP contribution is 2.03. The minimum atomic E-state index is -0.146. The molecule has 0 saturated carbocycles. The lowest BCUT2D eigenvalue weighted by molar-refractivity contribution is 0.0930. The molecule has 0 aliphatic carbocycles. The maximum Gasteiger partial charge on any atom is 0.272 e. The molecule has 1 rings (SSSR count). The van der Waals surface area contributed by atoms with Crippen molar-refractivity contribution in [2.45, 2.75) is 45.6 Å². The predicted molar refractivity (Wildman–Crippen MR) is 75.0 cm³/mol. The van der Waals surface area contributed by atoms with Crippen LogP contribution >= 0.6 is 12.4 Å². The van der Waals surface area contributed by atoms with E-state index in [-0.39, 0.29) is 24.4 Å². The molecular formula is C12H23ClN4O. The molecule has 4 N–H and O–H groups in total. The number of aryl methyl sites for hydroxylation is 1. The first-order valence-corrected chi connectivity index (χ1v) is 6.26. The third-order valence-electron chi connectivity index (χ3n) is 2.77. The Morgan fingerprint density at radius 2 is 2.28 bits per heavy atom.